The molecule has 2 unspecified atom stereocenters. The Hall–Kier alpha value is -3.83. The van der Waals surface area contributed by atoms with E-state index in [-0.39, 0.29) is 42.9 Å². The van der Waals surface area contributed by atoms with Crippen LogP contribution in [0.25, 0.3) is 0 Å². The van der Waals surface area contributed by atoms with Crippen LogP contribution in [0.3, 0.4) is 0 Å². The van der Waals surface area contributed by atoms with Crippen LogP contribution in [-0.2, 0) is 25.7 Å². The van der Waals surface area contributed by atoms with Gasteiger partial charge in [0, 0.05) is 32.2 Å². The molecule has 234 valence electrons. The summed E-state index contributed by atoms with van der Waals surface area (Å²) in [7, 11) is 0. The Bertz CT molecular complexity index is 1080. The van der Waals surface area contributed by atoms with E-state index in [9.17, 15) is 24.0 Å². The van der Waals surface area contributed by atoms with Gasteiger partial charge < -0.3 is 36.6 Å². The van der Waals surface area contributed by atoms with Crippen molar-refractivity contribution in [1.29, 1.82) is 0 Å². The van der Waals surface area contributed by atoms with Crippen LogP contribution in [0.1, 0.15) is 72.8 Å². The summed E-state index contributed by atoms with van der Waals surface area (Å²) < 4.78 is 5.52. The predicted molar refractivity (Wildman–Crippen MR) is 160 cm³/mol. The highest BCUT2D eigenvalue weighted by atomic mass is 16.6. The molecule has 1 heterocycles. The summed E-state index contributed by atoms with van der Waals surface area (Å²) >= 11 is 0. The summed E-state index contributed by atoms with van der Waals surface area (Å²) in [4.78, 5) is 63.0. The molecule has 2 atom stereocenters. The van der Waals surface area contributed by atoms with Crippen LogP contribution in [0.15, 0.2) is 24.3 Å². The molecule has 1 aromatic carbocycles. The minimum atomic E-state index is -0.926. The summed E-state index contributed by atoms with van der Waals surface area (Å²) in [5.41, 5.74) is 6.60. The number of carbonyl (C=O) groups excluding carboxylic acids is 5. The molecule has 12 nitrogen and oxygen atoms in total. The van der Waals surface area contributed by atoms with Crippen LogP contribution in [0.2, 0.25) is 0 Å². The Labute approximate surface area is 248 Å². The Morgan fingerprint density at radius 1 is 1.00 bits per heavy atom. The molecule has 1 saturated heterocycles. The quantitative estimate of drug-likeness (QED) is 0.235. The zero-order valence-corrected chi connectivity index (χ0v) is 25.7. The molecule has 6 N–H and O–H groups in total. The van der Waals surface area contributed by atoms with Gasteiger partial charge in [-0.15, -0.1) is 0 Å². The van der Waals surface area contributed by atoms with Crippen molar-refractivity contribution in [1.82, 2.24) is 20.9 Å². The Kier molecular flexibility index (Phi) is 13.1. The summed E-state index contributed by atoms with van der Waals surface area (Å²) in [5.74, 6) is -0.913. The number of ether oxygens (including phenoxy) is 1. The van der Waals surface area contributed by atoms with Crippen molar-refractivity contribution >= 4 is 35.5 Å². The highest BCUT2D eigenvalue weighted by Gasteiger charge is 2.31. The Morgan fingerprint density at radius 3 is 2.14 bits per heavy atom. The number of piperidine rings is 1. The highest BCUT2D eigenvalue weighted by Crippen LogP contribution is 2.34. The number of nitrogens with two attached hydrogens (primary N) is 1. The number of nitrogens with zero attached hydrogens (tertiary/aromatic N) is 1. The van der Waals surface area contributed by atoms with Crippen LogP contribution < -0.4 is 27.0 Å². The van der Waals surface area contributed by atoms with Gasteiger partial charge in [-0.2, -0.15) is 0 Å². The van der Waals surface area contributed by atoms with Crippen molar-refractivity contribution in [2.24, 2.45) is 23.0 Å². The molecule has 0 bridgehead atoms. The number of rotatable bonds is 12. The van der Waals surface area contributed by atoms with Crippen molar-refractivity contribution < 1.29 is 28.7 Å². The minimum absolute atomic E-state index is 0.109. The molecule has 1 aliphatic heterocycles. The van der Waals surface area contributed by atoms with Gasteiger partial charge in [-0.3, -0.25) is 14.4 Å². The number of amides is 6. The molecule has 6 amide bonds. The maximum Gasteiger partial charge on any atom is 0.410 e. The first-order valence-electron chi connectivity index (χ1n) is 14.6. The number of anilines is 1. The fraction of sp³-hybridized carbons (Fsp3) is 0.633. The van der Waals surface area contributed by atoms with E-state index in [0.29, 0.717) is 31.1 Å². The second kappa shape index (κ2) is 16.0. The van der Waals surface area contributed by atoms with E-state index < -0.39 is 29.9 Å². The van der Waals surface area contributed by atoms with Crippen molar-refractivity contribution in [2.75, 3.05) is 25.0 Å². The maximum absolute atomic E-state index is 13.2. The molecule has 0 radical (unpaired) electrons. The van der Waals surface area contributed by atoms with Crippen molar-refractivity contribution in [3.8, 4) is 0 Å². The standard InChI is InChI=1S/C30H48N6O6/c1-19(2)25(33-20(3)37)27(39)35-24(8-7-15-32-28(31)40)26(38)34-23-11-9-21(10-12-23)18-42-29(41)36-16-13-22(14-17-36)30(4,5)6/h9-12,19,22,24-25H,7-8,13-18H2,1-6H3,(H,33,37)(H,34,38)(H,35,39)(H3,31,32,40). The monoisotopic (exact) mass is 588 g/mol. The van der Waals surface area contributed by atoms with Gasteiger partial charge in [-0.1, -0.05) is 46.8 Å². The topological polar surface area (TPSA) is 172 Å². The number of hydrogen-bond acceptors (Lipinski definition) is 6. The Balaban J connectivity index is 1.95. The van der Waals surface area contributed by atoms with E-state index in [1.165, 1.54) is 6.92 Å². The van der Waals surface area contributed by atoms with Crippen LogP contribution in [0.4, 0.5) is 15.3 Å². The first-order valence-corrected chi connectivity index (χ1v) is 14.6. The smallest absolute Gasteiger partial charge is 0.410 e. The van der Waals surface area contributed by atoms with E-state index in [4.69, 9.17) is 10.5 Å². The number of nitrogens with one attached hydrogen (secondary N) is 4. The molecule has 0 aliphatic carbocycles. The van der Waals surface area contributed by atoms with Gasteiger partial charge in [0.25, 0.3) is 0 Å². The van der Waals surface area contributed by atoms with Gasteiger partial charge in [-0.25, -0.2) is 9.59 Å². The molecule has 12 heteroatoms. The van der Waals surface area contributed by atoms with Crippen LogP contribution in [-0.4, -0.2) is 66.5 Å². The van der Waals surface area contributed by atoms with Gasteiger partial charge >= 0.3 is 12.1 Å². The van der Waals surface area contributed by atoms with Crippen LogP contribution >= 0.6 is 0 Å². The van der Waals surface area contributed by atoms with Crippen molar-refractivity contribution in [2.45, 2.75) is 85.9 Å². The zero-order valence-electron chi connectivity index (χ0n) is 25.7. The third-order valence-electron chi connectivity index (χ3n) is 7.47. The normalized spacial score (nSPS) is 15.4. The number of carbonyl (C=O) groups is 5. The lowest BCUT2D eigenvalue weighted by Gasteiger charge is -2.38. The molecular formula is C30H48N6O6. The van der Waals surface area contributed by atoms with E-state index in [2.05, 4.69) is 42.0 Å². The average Bonchev–Trinajstić information content (AvgIpc) is 2.91. The van der Waals surface area contributed by atoms with Gasteiger partial charge in [0.1, 0.15) is 18.7 Å². The SMILES string of the molecule is CC(=O)NC(C(=O)NC(CCCNC(N)=O)C(=O)Nc1ccc(COC(=O)N2CCC(C(C)(C)C)CC2)cc1)C(C)C. The molecule has 0 aromatic heterocycles. The number of benzene rings is 1. The predicted octanol–water partition coefficient (Wildman–Crippen LogP) is 3.11. The van der Waals surface area contributed by atoms with Gasteiger partial charge in [-0.05, 0) is 60.6 Å². The number of likely N-dealkylation sites (tertiary alicyclic amines) is 1. The summed E-state index contributed by atoms with van der Waals surface area (Å²) in [6.45, 7) is 13.3. The lowest BCUT2D eigenvalue weighted by Crippen LogP contribution is -2.54. The van der Waals surface area contributed by atoms with Crippen molar-refractivity contribution in [3.05, 3.63) is 29.8 Å². The largest absolute Gasteiger partial charge is 0.445 e. The summed E-state index contributed by atoms with van der Waals surface area (Å²) in [6.07, 6.45) is 2.20. The number of primary amides is 1. The van der Waals surface area contributed by atoms with E-state index in [1.54, 1.807) is 43.0 Å². The zero-order chi connectivity index (χ0) is 31.4. The maximum atomic E-state index is 13.2. The fourth-order valence-electron chi connectivity index (χ4n) is 4.88. The van der Waals surface area contributed by atoms with Gasteiger partial charge in [0.05, 0.1) is 0 Å². The Morgan fingerprint density at radius 2 is 1.62 bits per heavy atom. The first kappa shape index (κ1) is 34.4. The van der Waals surface area contributed by atoms with Gasteiger partial charge in [0.15, 0.2) is 0 Å². The summed E-state index contributed by atoms with van der Waals surface area (Å²) in [6, 6.07) is 4.48. The fourth-order valence-corrected chi connectivity index (χ4v) is 4.88. The summed E-state index contributed by atoms with van der Waals surface area (Å²) in [5, 5.41) is 10.6. The van der Waals surface area contributed by atoms with Crippen LogP contribution in [0, 0.1) is 17.3 Å². The molecule has 0 saturated carbocycles. The molecule has 1 aliphatic rings. The third kappa shape index (κ3) is 11.6. The third-order valence-corrected chi connectivity index (χ3v) is 7.47. The average molecular weight is 589 g/mol. The number of hydrogen-bond donors (Lipinski definition) is 5. The highest BCUT2D eigenvalue weighted by molar-refractivity contribution is 5.98. The minimum Gasteiger partial charge on any atom is -0.445 e. The molecule has 42 heavy (non-hydrogen) atoms. The van der Waals surface area contributed by atoms with E-state index in [1.807, 2.05) is 0 Å². The molecule has 1 fully saturated rings. The molecule has 0 spiro atoms. The van der Waals surface area contributed by atoms with Crippen molar-refractivity contribution in [3.63, 3.8) is 0 Å². The lowest BCUT2D eigenvalue weighted by atomic mass is 9.75. The van der Waals surface area contributed by atoms with E-state index >= 15 is 0 Å². The molecule has 1 aromatic rings. The van der Waals surface area contributed by atoms with Gasteiger partial charge in [0.2, 0.25) is 17.7 Å². The molecular weight excluding hydrogens is 540 g/mol. The van der Waals surface area contributed by atoms with E-state index in [0.717, 1.165) is 18.4 Å². The first-order chi connectivity index (χ1) is 19.7. The van der Waals surface area contributed by atoms with Crippen LogP contribution in [0.5, 0.6) is 0 Å². The molecule has 2 rings (SSSR count). The lowest BCUT2D eigenvalue weighted by molar-refractivity contribution is -0.131. The second-order valence-corrected chi connectivity index (χ2v) is 12.3. The second-order valence-electron chi connectivity index (χ2n) is 12.3. The number of urea groups is 1.